The highest BCUT2D eigenvalue weighted by molar-refractivity contribution is 5.92. The van der Waals surface area contributed by atoms with Crippen molar-refractivity contribution >= 4 is 22.3 Å². The first-order valence-electron chi connectivity index (χ1n) is 11.0. The smallest absolute Gasteiger partial charge is 0.213 e. The number of aromatic nitrogens is 4. The molecule has 0 amide bonds. The van der Waals surface area contributed by atoms with Gasteiger partial charge in [-0.3, -0.25) is 0 Å². The van der Waals surface area contributed by atoms with Crippen molar-refractivity contribution in [2.24, 2.45) is 0 Å². The predicted molar refractivity (Wildman–Crippen MR) is 126 cm³/mol. The maximum Gasteiger partial charge on any atom is 0.213 e. The van der Waals surface area contributed by atoms with Crippen molar-refractivity contribution in [2.75, 3.05) is 40.5 Å². The summed E-state index contributed by atoms with van der Waals surface area (Å²) in [6.07, 6.45) is 5.83. The van der Waals surface area contributed by atoms with Crippen LogP contribution in [0.1, 0.15) is 18.4 Å². The number of fused-ring (bicyclic) bond motifs is 3. The van der Waals surface area contributed by atoms with E-state index >= 15 is 0 Å². The van der Waals surface area contributed by atoms with Gasteiger partial charge in [0, 0.05) is 29.9 Å². The average molecular weight is 430 g/mol. The summed E-state index contributed by atoms with van der Waals surface area (Å²) in [6, 6.07) is 14.1. The number of ether oxygens (including phenoxy) is 2. The Morgan fingerprint density at radius 2 is 2.06 bits per heavy atom. The van der Waals surface area contributed by atoms with E-state index in [2.05, 4.69) is 42.2 Å². The molecule has 0 radical (unpaired) electrons. The van der Waals surface area contributed by atoms with E-state index in [1.54, 1.807) is 0 Å². The molecule has 1 aliphatic rings. The topological polar surface area (TPSA) is 64.8 Å². The van der Waals surface area contributed by atoms with E-state index < -0.39 is 0 Å². The van der Waals surface area contributed by atoms with Gasteiger partial charge in [-0.25, -0.2) is 14.5 Å². The summed E-state index contributed by atoms with van der Waals surface area (Å²) in [5, 5.41) is 4.92. The Bertz CT molecular complexity index is 1260. The normalized spacial score (nSPS) is 14.3. The van der Waals surface area contributed by atoms with Crippen molar-refractivity contribution in [1.29, 1.82) is 0 Å². The molecule has 0 N–H and O–H groups in total. The quantitative estimate of drug-likeness (QED) is 0.413. The number of benzene rings is 1. The van der Waals surface area contributed by atoms with Crippen LogP contribution >= 0.6 is 0 Å². The van der Waals surface area contributed by atoms with E-state index in [4.69, 9.17) is 19.6 Å². The number of para-hydroxylation sites is 1. The Morgan fingerprint density at radius 3 is 2.84 bits per heavy atom. The van der Waals surface area contributed by atoms with Gasteiger partial charge < -0.3 is 14.4 Å². The van der Waals surface area contributed by atoms with Crippen LogP contribution in [0.4, 0.5) is 0 Å². The monoisotopic (exact) mass is 429 g/mol. The van der Waals surface area contributed by atoms with E-state index in [1.807, 2.05) is 41.0 Å². The molecule has 164 valence electrons. The molecular formula is C25H27N5O2. The number of rotatable bonds is 7. The number of pyridine rings is 1. The molecule has 0 unspecified atom stereocenters. The van der Waals surface area contributed by atoms with Crippen molar-refractivity contribution in [2.45, 2.75) is 12.8 Å². The summed E-state index contributed by atoms with van der Waals surface area (Å²) in [7, 11) is 4.12. The van der Waals surface area contributed by atoms with Crippen LogP contribution in [-0.2, 0) is 4.74 Å². The highest BCUT2D eigenvalue weighted by Gasteiger charge is 2.15. The lowest BCUT2D eigenvalue weighted by atomic mass is 10.0. The van der Waals surface area contributed by atoms with Crippen molar-refractivity contribution in [3.63, 3.8) is 0 Å². The van der Waals surface area contributed by atoms with Crippen molar-refractivity contribution in [3.8, 4) is 17.1 Å². The maximum atomic E-state index is 5.76. The first-order valence-corrected chi connectivity index (χ1v) is 11.0. The lowest BCUT2D eigenvalue weighted by Crippen LogP contribution is -2.15. The van der Waals surface area contributed by atoms with Crippen LogP contribution < -0.4 is 4.74 Å². The molecular weight excluding hydrogens is 402 g/mol. The van der Waals surface area contributed by atoms with Gasteiger partial charge in [0.25, 0.3) is 0 Å². The third-order valence-electron chi connectivity index (χ3n) is 5.62. The highest BCUT2D eigenvalue weighted by Crippen LogP contribution is 2.30. The van der Waals surface area contributed by atoms with Gasteiger partial charge >= 0.3 is 0 Å². The molecule has 1 aromatic carbocycles. The summed E-state index contributed by atoms with van der Waals surface area (Å²) in [6.45, 7) is 3.04. The zero-order valence-corrected chi connectivity index (χ0v) is 18.5. The van der Waals surface area contributed by atoms with Gasteiger partial charge in [0.2, 0.25) is 5.88 Å². The molecule has 0 atom stereocenters. The molecule has 0 fully saturated rings. The van der Waals surface area contributed by atoms with Gasteiger partial charge in [0.1, 0.15) is 5.52 Å². The molecule has 0 saturated carbocycles. The van der Waals surface area contributed by atoms with Crippen molar-refractivity contribution in [3.05, 3.63) is 60.3 Å². The summed E-state index contributed by atoms with van der Waals surface area (Å²) in [4.78, 5) is 11.4. The van der Waals surface area contributed by atoms with E-state index in [1.165, 1.54) is 11.1 Å². The molecule has 3 aromatic heterocycles. The largest absolute Gasteiger partial charge is 0.478 e. The summed E-state index contributed by atoms with van der Waals surface area (Å²) in [5.41, 5.74) is 7.05. The van der Waals surface area contributed by atoms with E-state index in [0.29, 0.717) is 19.1 Å². The lowest BCUT2D eigenvalue weighted by Gasteiger charge is -2.14. The first-order chi connectivity index (χ1) is 15.7. The van der Waals surface area contributed by atoms with Crippen LogP contribution in [0.5, 0.6) is 5.88 Å². The molecule has 0 bridgehead atoms. The number of hydrogen-bond acceptors (Lipinski definition) is 6. The third-order valence-corrected chi connectivity index (χ3v) is 5.62. The zero-order chi connectivity index (χ0) is 21.9. The average Bonchev–Trinajstić information content (AvgIpc) is 3.21. The fourth-order valence-electron chi connectivity index (χ4n) is 3.99. The second-order valence-corrected chi connectivity index (χ2v) is 8.22. The SMILES string of the molecule is CN(C)CCCOc1ccc(-c2ccc3nc4cccc(C5=CCOCC5)c4n3n2)cn1. The fraction of sp³-hybridized carbons (Fsp3) is 0.320. The maximum absolute atomic E-state index is 5.76. The van der Waals surface area contributed by atoms with Gasteiger partial charge in [-0.2, -0.15) is 5.10 Å². The minimum absolute atomic E-state index is 0.635. The van der Waals surface area contributed by atoms with Gasteiger partial charge in [-0.05, 0) is 56.8 Å². The molecule has 7 nitrogen and oxygen atoms in total. The Labute approximate surface area is 187 Å². The van der Waals surface area contributed by atoms with Crippen LogP contribution in [0.25, 0.3) is 33.5 Å². The van der Waals surface area contributed by atoms with Crippen LogP contribution in [0.3, 0.4) is 0 Å². The van der Waals surface area contributed by atoms with Crippen molar-refractivity contribution in [1.82, 2.24) is 24.5 Å². The fourth-order valence-corrected chi connectivity index (χ4v) is 3.99. The van der Waals surface area contributed by atoms with Gasteiger partial charge in [-0.15, -0.1) is 0 Å². The second kappa shape index (κ2) is 9.06. The molecule has 4 heterocycles. The summed E-state index contributed by atoms with van der Waals surface area (Å²) >= 11 is 0. The first kappa shape index (κ1) is 20.6. The molecule has 4 aromatic rings. The Morgan fingerprint density at radius 1 is 1.12 bits per heavy atom. The Balaban J connectivity index is 1.45. The van der Waals surface area contributed by atoms with Crippen LogP contribution in [0.2, 0.25) is 0 Å². The predicted octanol–water partition coefficient (Wildman–Crippen LogP) is 4.08. The lowest BCUT2D eigenvalue weighted by molar-refractivity contribution is 0.161. The molecule has 1 aliphatic heterocycles. The Kier molecular flexibility index (Phi) is 5.83. The van der Waals surface area contributed by atoms with Crippen LogP contribution in [-0.4, -0.2) is 64.9 Å². The molecule has 0 spiro atoms. The third kappa shape index (κ3) is 4.22. The Hall–Kier alpha value is -3.29. The minimum atomic E-state index is 0.635. The molecule has 0 saturated heterocycles. The van der Waals surface area contributed by atoms with Crippen molar-refractivity contribution < 1.29 is 9.47 Å². The molecule has 0 aliphatic carbocycles. The second-order valence-electron chi connectivity index (χ2n) is 8.22. The number of hydrogen-bond donors (Lipinski definition) is 0. The van der Waals surface area contributed by atoms with Crippen LogP contribution in [0, 0.1) is 0 Å². The molecule has 7 heteroatoms. The van der Waals surface area contributed by atoms with Gasteiger partial charge in [0.15, 0.2) is 5.65 Å². The van der Waals surface area contributed by atoms with E-state index in [9.17, 15) is 0 Å². The molecule has 32 heavy (non-hydrogen) atoms. The number of imidazole rings is 1. The van der Waals surface area contributed by atoms with Gasteiger partial charge in [0.05, 0.1) is 31.0 Å². The summed E-state index contributed by atoms with van der Waals surface area (Å²) in [5.74, 6) is 0.635. The number of nitrogens with zero attached hydrogens (tertiary/aromatic N) is 5. The van der Waals surface area contributed by atoms with E-state index in [-0.39, 0.29) is 0 Å². The standard InChI is InChI=1S/C25H27N5O2/c1-29(2)13-4-14-32-24-10-7-19(17-26-24)21-8-9-23-27-22-6-3-5-20(25(22)30(23)28-21)18-11-15-31-16-12-18/h3,5-11,17H,4,12-16H2,1-2H3. The zero-order valence-electron chi connectivity index (χ0n) is 18.5. The molecule has 5 rings (SSSR count). The highest BCUT2D eigenvalue weighted by atomic mass is 16.5. The van der Waals surface area contributed by atoms with Crippen LogP contribution in [0.15, 0.2) is 54.7 Å². The summed E-state index contributed by atoms with van der Waals surface area (Å²) < 4.78 is 13.2. The van der Waals surface area contributed by atoms with Gasteiger partial charge in [-0.1, -0.05) is 18.2 Å². The minimum Gasteiger partial charge on any atom is -0.478 e. The van der Waals surface area contributed by atoms with E-state index in [0.717, 1.165) is 53.9 Å².